The summed E-state index contributed by atoms with van der Waals surface area (Å²) in [6, 6.07) is 7.23. The van der Waals surface area contributed by atoms with Gasteiger partial charge in [0.2, 0.25) is 0 Å². The van der Waals surface area contributed by atoms with Gasteiger partial charge in [-0.15, -0.1) is 0 Å². The number of nitrogens with zero attached hydrogens (tertiary/aromatic N) is 1. The van der Waals surface area contributed by atoms with Gasteiger partial charge in [0, 0.05) is 24.8 Å². The van der Waals surface area contributed by atoms with Crippen LogP contribution < -0.4 is 11.1 Å². The Kier molecular flexibility index (Phi) is 5.05. The summed E-state index contributed by atoms with van der Waals surface area (Å²) in [6.07, 6.45) is 0. The van der Waals surface area contributed by atoms with Gasteiger partial charge in [0.1, 0.15) is 0 Å². The van der Waals surface area contributed by atoms with Crippen molar-refractivity contribution < 1.29 is 4.79 Å². The third-order valence-electron chi connectivity index (χ3n) is 2.29. The number of amides is 2. The zero-order chi connectivity index (χ0) is 12.7. The molecule has 0 unspecified atom stereocenters. The van der Waals surface area contributed by atoms with Crippen LogP contribution in [0.25, 0.3) is 0 Å². The van der Waals surface area contributed by atoms with Crippen molar-refractivity contribution in [2.45, 2.75) is 6.92 Å². The van der Waals surface area contributed by atoms with Crippen molar-refractivity contribution in [3.63, 3.8) is 0 Å². The maximum Gasteiger partial charge on any atom is 0.321 e. The molecule has 0 saturated heterocycles. The smallest absolute Gasteiger partial charge is 0.321 e. The summed E-state index contributed by atoms with van der Waals surface area (Å²) >= 11 is 0. The molecule has 2 amide bonds. The predicted octanol–water partition coefficient (Wildman–Crippen LogP) is 1.48. The molecule has 17 heavy (non-hydrogen) atoms. The fourth-order valence-corrected chi connectivity index (χ4v) is 1.15. The number of anilines is 1. The molecule has 3 N–H and O–H groups in total. The average Bonchev–Trinajstić information content (AvgIpc) is 2.37. The van der Waals surface area contributed by atoms with Crippen LogP contribution >= 0.6 is 0 Å². The molecule has 0 aromatic heterocycles. The molecule has 0 radical (unpaired) electrons. The number of nitrogens with two attached hydrogens (primary N) is 1. The summed E-state index contributed by atoms with van der Waals surface area (Å²) in [7, 11) is 1.75. The van der Waals surface area contributed by atoms with Crippen molar-refractivity contribution in [3.8, 4) is 11.8 Å². The lowest BCUT2D eigenvalue weighted by Gasteiger charge is -2.15. The van der Waals surface area contributed by atoms with Crippen LogP contribution in [-0.4, -0.2) is 31.1 Å². The van der Waals surface area contributed by atoms with Crippen LogP contribution in [0.2, 0.25) is 0 Å². The molecular formula is C13H17N3O. The van der Waals surface area contributed by atoms with Crippen molar-refractivity contribution in [1.29, 1.82) is 0 Å². The Morgan fingerprint density at radius 1 is 1.41 bits per heavy atom. The highest BCUT2D eigenvalue weighted by Crippen LogP contribution is 2.09. The molecule has 0 atom stereocenters. The van der Waals surface area contributed by atoms with Gasteiger partial charge in [-0.25, -0.2) is 4.79 Å². The number of urea groups is 1. The SMILES string of the molecule is CCN(C)C(=O)Nc1ccc(C#CCN)cc1. The normalized spacial score (nSPS) is 9.12. The van der Waals surface area contributed by atoms with Crippen LogP contribution in [0.5, 0.6) is 0 Å². The molecule has 4 heteroatoms. The van der Waals surface area contributed by atoms with Crippen molar-refractivity contribution in [3.05, 3.63) is 29.8 Å². The minimum absolute atomic E-state index is 0.117. The number of hydrogen-bond acceptors (Lipinski definition) is 2. The lowest BCUT2D eigenvalue weighted by molar-refractivity contribution is 0.224. The van der Waals surface area contributed by atoms with Crippen LogP contribution in [0.3, 0.4) is 0 Å². The Morgan fingerprint density at radius 2 is 2.06 bits per heavy atom. The van der Waals surface area contributed by atoms with Gasteiger partial charge in [-0.05, 0) is 31.2 Å². The summed E-state index contributed by atoms with van der Waals surface area (Å²) in [4.78, 5) is 13.2. The van der Waals surface area contributed by atoms with Crippen molar-refractivity contribution in [2.75, 3.05) is 25.5 Å². The third-order valence-corrected chi connectivity index (χ3v) is 2.29. The van der Waals surface area contributed by atoms with Crippen molar-refractivity contribution >= 4 is 11.7 Å². The average molecular weight is 231 g/mol. The Morgan fingerprint density at radius 3 is 2.59 bits per heavy atom. The van der Waals surface area contributed by atoms with Gasteiger partial charge in [-0.3, -0.25) is 0 Å². The monoisotopic (exact) mass is 231 g/mol. The predicted molar refractivity (Wildman–Crippen MR) is 69.7 cm³/mol. The maximum absolute atomic E-state index is 11.6. The number of rotatable bonds is 2. The molecule has 1 aromatic rings. The highest BCUT2D eigenvalue weighted by atomic mass is 16.2. The second kappa shape index (κ2) is 6.56. The minimum Gasteiger partial charge on any atom is -0.328 e. The van der Waals surface area contributed by atoms with E-state index >= 15 is 0 Å². The van der Waals surface area contributed by atoms with Crippen LogP contribution in [0.15, 0.2) is 24.3 Å². The highest BCUT2D eigenvalue weighted by Gasteiger charge is 2.05. The quantitative estimate of drug-likeness (QED) is 0.757. The van der Waals surface area contributed by atoms with E-state index in [1.165, 1.54) is 0 Å². The standard InChI is InChI=1S/C13H17N3O/c1-3-16(2)13(17)15-12-8-6-11(7-9-12)5-4-10-14/h6-9H,3,10,14H2,1-2H3,(H,15,17). The molecule has 1 rings (SSSR count). The summed E-state index contributed by atoms with van der Waals surface area (Å²) in [6.45, 7) is 2.94. The van der Waals surface area contributed by atoms with Gasteiger partial charge in [0.15, 0.2) is 0 Å². The molecule has 0 aliphatic heterocycles. The van der Waals surface area contributed by atoms with E-state index in [4.69, 9.17) is 5.73 Å². The number of carbonyl (C=O) groups excluding carboxylic acids is 1. The zero-order valence-corrected chi connectivity index (χ0v) is 10.2. The van der Waals surface area contributed by atoms with Gasteiger partial charge in [0.05, 0.1) is 6.54 Å². The Balaban J connectivity index is 2.65. The molecule has 1 aromatic carbocycles. The molecule has 0 aliphatic rings. The summed E-state index contributed by atoms with van der Waals surface area (Å²) < 4.78 is 0. The molecule has 0 spiro atoms. The molecule has 0 fully saturated rings. The fraction of sp³-hybridized carbons (Fsp3) is 0.308. The number of carbonyl (C=O) groups is 1. The first kappa shape index (κ1) is 13.1. The molecule has 0 heterocycles. The zero-order valence-electron chi connectivity index (χ0n) is 10.2. The van der Waals surface area contributed by atoms with E-state index in [0.29, 0.717) is 13.1 Å². The lowest BCUT2D eigenvalue weighted by atomic mass is 10.2. The lowest BCUT2D eigenvalue weighted by Crippen LogP contribution is -2.30. The topological polar surface area (TPSA) is 58.4 Å². The van der Waals surface area contributed by atoms with E-state index in [9.17, 15) is 4.79 Å². The summed E-state index contributed by atoms with van der Waals surface area (Å²) in [5.74, 6) is 5.70. The van der Waals surface area contributed by atoms with Gasteiger partial charge in [0.25, 0.3) is 0 Å². The Hall–Kier alpha value is -1.99. The maximum atomic E-state index is 11.6. The van der Waals surface area contributed by atoms with Gasteiger partial charge >= 0.3 is 6.03 Å². The highest BCUT2D eigenvalue weighted by molar-refractivity contribution is 5.89. The molecule has 0 bridgehead atoms. The van der Waals surface area contributed by atoms with Gasteiger partial charge in [-0.2, -0.15) is 0 Å². The number of hydrogen-bond donors (Lipinski definition) is 2. The first-order chi connectivity index (χ1) is 8.17. The van der Waals surface area contributed by atoms with Crippen LogP contribution in [0.4, 0.5) is 10.5 Å². The van der Waals surface area contributed by atoms with Crippen LogP contribution in [-0.2, 0) is 0 Å². The number of nitrogens with one attached hydrogen (secondary N) is 1. The van der Waals surface area contributed by atoms with E-state index in [0.717, 1.165) is 11.3 Å². The molecule has 0 aliphatic carbocycles. The first-order valence-electron chi connectivity index (χ1n) is 5.48. The minimum atomic E-state index is -0.117. The second-order valence-electron chi connectivity index (χ2n) is 3.53. The fourth-order valence-electron chi connectivity index (χ4n) is 1.15. The van der Waals surface area contributed by atoms with Crippen LogP contribution in [0.1, 0.15) is 12.5 Å². The first-order valence-corrected chi connectivity index (χ1v) is 5.48. The molecular weight excluding hydrogens is 214 g/mol. The van der Waals surface area contributed by atoms with Crippen molar-refractivity contribution in [1.82, 2.24) is 4.90 Å². The van der Waals surface area contributed by atoms with E-state index in [2.05, 4.69) is 17.2 Å². The summed E-state index contributed by atoms with van der Waals surface area (Å²) in [5, 5.41) is 2.79. The second-order valence-corrected chi connectivity index (χ2v) is 3.53. The van der Waals surface area contributed by atoms with Gasteiger partial charge < -0.3 is 16.0 Å². The number of benzene rings is 1. The van der Waals surface area contributed by atoms with E-state index < -0.39 is 0 Å². The molecule has 4 nitrogen and oxygen atoms in total. The Labute approximate surface area is 102 Å². The third kappa shape index (κ3) is 4.17. The summed E-state index contributed by atoms with van der Waals surface area (Å²) in [5.41, 5.74) is 6.93. The largest absolute Gasteiger partial charge is 0.328 e. The van der Waals surface area contributed by atoms with Crippen LogP contribution in [0, 0.1) is 11.8 Å². The van der Waals surface area contributed by atoms with E-state index in [1.54, 1.807) is 11.9 Å². The van der Waals surface area contributed by atoms with Crippen molar-refractivity contribution in [2.24, 2.45) is 5.73 Å². The van der Waals surface area contributed by atoms with E-state index in [1.807, 2.05) is 31.2 Å². The Bertz CT molecular complexity index is 428. The van der Waals surface area contributed by atoms with E-state index in [-0.39, 0.29) is 6.03 Å². The van der Waals surface area contributed by atoms with Gasteiger partial charge in [-0.1, -0.05) is 11.8 Å². The molecule has 0 saturated carbocycles. The molecule has 90 valence electrons.